The van der Waals surface area contributed by atoms with Crippen molar-refractivity contribution in [1.82, 2.24) is 5.32 Å². The van der Waals surface area contributed by atoms with Gasteiger partial charge in [0, 0.05) is 18.7 Å². The van der Waals surface area contributed by atoms with Crippen molar-refractivity contribution in [2.45, 2.75) is 26.7 Å². The van der Waals surface area contributed by atoms with E-state index in [4.69, 9.17) is 5.11 Å². The number of hydrogen-bond donors (Lipinski definition) is 3. The summed E-state index contributed by atoms with van der Waals surface area (Å²) in [6.45, 7) is 4.30. The fourth-order valence-corrected chi connectivity index (χ4v) is 2.10. The van der Waals surface area contributed by atoms with Gasteiger partial charge in [0.05, 0.1) is 0 Å². The van der Waals surface area contributed by atoms with Crippen molar-refractivity contribution in [2.24, 2.45) is 11.8 Å². The molecule has 0 bridgehead atoms. The molecule has 0 aliphatic heterocycles. The standard InChI is InChI=1S/C15H21FN2O3/c1-10(2)7-11(8-14(19)20)9-17-15(21)18-13-5-3-12(16)4-6-13/h3-6,10-11H,7-9H2,1-2H3,(H,19,20)(H2,17,18,21)/t11-/m0/s1. The Labute approximate surface area is 123 Å². The number of amides is 2. The van der Waals surface area contributed by atoms with Gasteiger partial charge in [-0.15, -0.1) is 0 Å². The van der Waals surface area contributed by atoms with Gasteiger partial charge in [-0.2, -0.15) is 0 Å². The van der Waals surface area contributed by atoms with Crippen LogP contribution in [0.3, 0.4) is 0 Å². The third kappa shape index (κ3) is 7.29. The Bertz CT molecular complexity index is 474. The molecule has 0 heterocycles. The molecule has 0 saturated heterocycles. The van der Waals surface area contributed by atoms with Crippen LogP contribution in [0.2, 0.25) is 0 Å². The molecule has 0 aliphatic rings. The molecule has 2 amide bonds. The lowest BCUT2D eigenvalue weighted by Crippen LogP contribution is -2.34. The van der Waals surface area contributed by atoms with Gasteiger partial charge in [-0.3, -0.25) is 4.79 Å². The predicted octanol–water partition coefficient (Wildman–Crippen LogP) is 3.08. The molecule has 3 N–H and O–H groups in total. The number of carbonyl (C=O) groups excluding carboxylic acids is 1. The minimum Gasteiger partial charge on any atom is -0.481 e. The van der Waals surface area contributed by atoms with Crippen LogP contribution in [0.5, 0.6) is 0 Å². The average Bonchev–Trinajstić information content (AvgIpc) is 2.37. The molecule has 21 heavy (non-hydrogen) atoms. The molecule has 1 atom stereocenters. The van der Waals surface area contributed by atoms with Gasteiger partial charge >= 0.3 is 12.0 Å². The molecular formula is C15H21FN2O3. The van der Waals surface area contributed by atoms with Crippen molar-refractivity contribution in [3.63, 3.8) is 0 Å². The van der Waals surface area contributed by atoms with E-state index in [1.54, 1.807) is 0 Å². The van der Waals surface area contributed by atoms with Crippen LogP contribution < -0.4 is 10.6 Å². The number of hydrogen-bond acceptors (Lipinski definition) is 2. The van der Waals surface area contributed by atoms with Crippen LogP contribution in [0.25, 0.3) is 0 Å². The highest BCUT2D eigenvalue weighted by atomic mass is 19.1. The maximum Gasteiger partial charge on any atom is 0.319 e. The summed E-state index contributed by atoms with van der Waals surface area (Å²) < 4.78 is 12.7. The van der Waals surface area contributed by atoms with E-state index in [0.717, 1.165) is 6.42 Å². The Kier molecular flexibility index (Phi) is 6.65. The second-order valence-corrected chi connectivity index (χ2v) is 5.44. The third-order valence-corrected chi connectivity index (χ3v) is 2.92. The number of nitrogens with one attached hydrogen (secondary N) is 2. The maximum atomic E-state index is 12.7. The zero-order valence-electron chi connectivity index (χ0n) is 12.2. The van der Waals surface area contributed by atoms with E-state index >= 15 is 0 Å². The Morgan fingerprint density at radius 2 is 1.86 bits per heavy atom. The molecule has 5 nitrogen and oxygen atoms in total. The van der Waals surface area contributed by atoms with Gasteiger partial charge in [0.25, 0.3) is 0 Å². The summed E-state index contributed by atoms with van der Waals surface area (Å²) in [4.78, 5) is 22.5. The first-order valence-electron chi connectivity index (χ1n) is 6.89. The fraction of sp³-hybridized carbons (Fsp3) is 0.467. The van der Waals surface area contributed by atoms with E-state index in [-0.39, 0.29) is 24.7 Å². The molecule has 116 valence electrons. The molecule has 1 aromatic rings. The second-order valence-electron chi connectivity index (χ2n) is 5.44. The number of carboxylic acids is 1. The molecule has 0 unspecified atom stereocenters. The van der Waals surface area contributed by atoms with Gasteiger partial charge in [-0.25, -0.2) is 9.18 Å². The Balaban J connectivity index is 2.44. The minimum atomic E-state index is -0.874. The summed E-state index contributed by atoms with van der Waals surface area (Å²) in [5, 5.41) is 14.1. The summed E-state index contributed by atoms with van der Waals surface area (Å²) in [6, 6.07) is 4.99. The van der Waals surface area contributed by atoms with E-state index < -0.39 is 12.0 Å². The van der Waals surface area contributed by atoms with Crippen LogP contribution in [-0.2, 0) is 4.79 Å². The topological polar surface area (TPSA) is 78.4 Å². The number of anilines is 1. The molecule has 0 aromatic heterocycles. The van der Waals surface area contributed by atoms with Gasteiger partial charge < -0.3 is 15.7 Å². The largest absolute Gasteiger partial charge is 0.481 e. The zero-order chi connectivity index (χ0) is 15.8. The average molecular weight is 296 g/mol. The monoisotopic (exact) mass is 296 g/mol. The Hall–Kier alpha value is -2.11. The van der Waals surface area contributed by atoms with Crippen LogP contribution in [0.15, 0.2) is 24.3 Å². The Morgan fingerprint density at radius 3 is 2.38 bits per heavy atom. The van der Waals surface area contributed by atoms with Gasteiger partial charge in [0.15, 0.2) is 0 Å². The number of aliphatic carboxylic acids is 1. The molecular weight excluding hydrogens is 275 g/mol. The van der Waals surface area contributed by atoms with Crippen LogP contribution in [0, 0.1) is 17.7 Å². The van der Waals surface area contributed by atoms with Crippen LogP contribution in [0.1, 0.15) is 26.7 Å². The molecule has 1 rings (SSSR count). The van der Waals surface area contributed by atoms with Crippen molar-refractivity contribution in [2.75, 3.05) is 11.9 Å². The number of carbonyl (C=O) groups is 2. The van der Waals surface area contributed by atoms with Crippen molar-refractivity contribution < 1.29 is 19.1 Å². The highest BCUT2D eigenvalue weighted by molar-refractivity contribution is 5.89. The maximum absolute atomic E-state index is 12.7. The van der Waals surface area contributed by atoms with Crippen molar-refractivity contribution in [1.29, 1.82) is 0 Å². The summed E-state index contributed by atoms with van der Waals surface area (Å²) in [5.74, 6) is -1.00. The van der Waals surface area contributed by atoms with E-state index in [0.29, 0.717) is 11.6 Å². The first kappa shape index (κ1) is 16.9. The van der Waals surface area contributed by atoms with E-state index in [1.165, 1.54) is 24.3 Å². The molecule has 6 heteroatoms. The SMILES string of the molecule is CC(C)C[C@H](CNC(=O)Nc1ccc(F)cc1)CC(=O)O. The lowest BCUT2D eigenvalue weighted by atomic mass is 9.94. The van der Waals surface area contributed by atoms with E-state index in [1.807, 2.05) is 13.8 Å². The molecule has 0 radical (unpaired) electrons. The van der Waals surface area contributed by atoms with Crippen molar-refractivity contribution >= 4 is 17.7 Å². The van der Waals surface area contributed by atoms with Gasteiger partial charge in [-0.1, -0.05) is 13.8 Å². The van der Waals surface area contributed by atoms with Gasteiger partial charge in [0.2, 0.25) is 0 Å². The smallest absolute Gasteiger partial charge is 0.319 e. The first-order chi connectivity index (χ1) is 9.86. The normalized spacial score (nSPS) is 12.0. The quantitative estimate of drug-likeness (QED) is 0.723. The number of halogens is 1. The van der Waals surface area contributed by atoms with Crippen LogP contribution in [0.4, 0.5) is 14.9 Å². The van der Waals surface area contributed by atoms with Gasteiger partial charge in [0.1, 0.15) is 5.82 Å². The summed E-state index contributed by atoms with van der Waals surface area (Å²) in [5.41, 5.74) is 0.479. The summed E-state index contributed by atoms with van der Waals surface area (Å²) in [7, 11) is 0. The minimum absolute atomic E-state index is 0.0228. The third-order valence-electron chi connectivity index (χ3n) is 2.92. The second kappa shape index (κ2) is 8.24. The molecule has 0 aliphatic carbocycles. The molecule has 0 spiro atoms. The van der Waals surface area contributed by atoms with Crippen molar-refractivity contribution in [3.05, 3.63) is 30.1 Å². The molecule has 1 aromatic carbocycles. The number of carboxylic acid groups (broad SMARTS) is 1. The lowest BCUT2D eigenvalue weighted by Gasteiger charge is -2.18. The molecule has 0 fully saturated rings. The zero-order valence-corrected chi connectivity index (χ0v) is 12.2. The summed E-state index contributed by atoms with van der Waals surface area (Å²) in [6.07, 6.45) is 0.748. The Morgan fingerprint density at radius 1 is 1.24 bits per heavy atom. The van der Waals surface area contributed by atoms with E-state index in [2.05, 4.69) is 10.6 Å². The molecule has 0 saturated carbocycles. The lowest BCUT2D eigenvalue weighted by molar-refractivity contribution is -0.138. The fourth-order valence-electron chi connectivity index (χ4n) is 2.10. The number of rotatable bonds is 7. The van der Waals surface area contributed by atoms with Gasteiger partial charge in [-0.05, 0) is 42.5 Å². The summed E-state index contributed by atoms with van der Waals surface area (Å²) >= 11 is 0. The first-order valence-corrected chi connectivity index (χ1v) is 6.89. The highest BCUT2D eigenvalue weighted by Gasteiger charge is 2.16. The van der Waals surface area contributed by atoms with Crippen LogP contribution in [-0.4, -0.2) is 23.7 Å². The van der Waals surface area contributed by atoms with Crippen molar-refractivity contribution in [3.8, 4) is 0 Å². The predicted molar refractivity (Wildman–Crippen MR) is 78.6 cm³/mol. The van der Waals surface area contributed by atoms with Crippen LogP contribution >= 0.6 is 0 Å². The number of urea groups is 1. The number of benzene rings is 1. The van der Waals surface area contributed by atoms with E-state index in [9.17, 15) is 14.0 Å². The highest BCUT2D eigenvalue weighted by Crippen LogP contribution is 2.15.